The predicted octanol–water partition coefficient (Wildman–Crippen LogP) is 1.01. The maximum atomic E-state index is 11.7. The van der Waals surface area contributed by atoms with E-state index in [2.05, 4.69) is 5.32 Å². The van der Waals surface area contributed by atoms with E-state index in [0.29, 0.717) is 13.0 Å². The maximum Gasteiger partial charge on any atom is 0.328 e. The van der Waals surface area contributed by atoms with Crippen molar-refractivity contribution in [3.8, 4) is 0 Å². The summed E-state index contributed by atoms with van der Waals surface area (Å²) in [6.45, 7) is 7.60. The summed E-state index contributed by atoms with van der Waals surface area (Å²) in [7, 11) is 0. The van der Waals surface area contributed by atoms with Gasteiger partial charge in [0.2, 0.25) is 5.91 Å². The molecule has 17 heavy (non-hydrogen) atoms. The molecule has 1 rings (SSSR count). The molecule has 0 aromatic carbocycles. The minimum Gasteiger partial charge on any atom is -0.458 e. The molecular weight excluding hydrogens is 222 g/mol. The van der Waals surface area contributed by atoms with Crippen molar-refractivity contribution < 1.29 is 19.1 Å². The van der Waals surface area contributed by atoms with E-state index in [9.17, 15) is 9.59 Å². The summed E-state index contributed by atoms with van der Waals surface area (Å²) >= 11 is 0. The summed E-state index contributed by atoms with van der Waals surface area (Å²) in [5, 5.41) is 2.61. The van der Waals surface area contributed by atoms with Crippen LogP contribution in [0.2, 0.25) is 0 Å². The van der Waals surface area contributed by atoms with E-state index in [0.717, 1.165) is 6.42 Å². The Hall–Kier alpha value is -1.10. The third-order valence-corrected chi connectivity index (χ3v) is 2.34. The van der Waals surface area contributed by atoms with Crippen LogP contribution in [0.25, 0.3) is 0 Å². The molecule has 1 heterocycles. The highest BCUT2D eigenvalue weighted by atomic mass is 16.6. The lowest BCUT2D eigenvalue weighted by atomic mass is 10.2. The minimum absolute atomic E-state index is 0.235. The molecular formula is C12H21NO4. The summed E-state index contributed by atoms with van der Waals surface area (Å²) in [5.41, 5.74) is -0.542. The van der Waals surface area contributed by atoms with E-state index in [1.165, 1.54) is 0 Å². The Labute approximate surface area is 102 Å². The van der Waals surface area contributed by atoms with Crippen molar-refractivity contribution in [1.29, 1.82) is 0 Å². The zero-order valence-corrected chi connectivity index (χ0v) is 10.9. The van der Waals surface area contributed by atoms with Gasteiger partial charge in [-0.3, -0.25) is 4.79 Å². The number of esters is 1. The van der Waals surface area contributed by atoms with E-state index in [1.54, 1.807) is 27.7 Å². The Morgan fingerprint density at radius 1 is 1.41 bits per heavy atom. The number of carbonyl (C=O) groups excluding carboxylic acids is 2. The zero-order chi connectivity index (χ0) is 13.1. The Kier molecular flexibility index (Phi) is 4.51. The second-order valence-electron chi connectivity index (χ2n) is 5.27. The lowest BCUT2D eigenvalue weighted by Gasteiger charge is -2.23. The number of ether oxygens (including phenoxy) is 2. The number of carbonyl (C=O) groups is 2. The smallest absolute Gasteiger partial charge is 0.328 e. The van der Waals surface area contributed by atoms with Gasteiger partial charge in [0.25, 0.3) is 0 Å². The first-order chi connectivity index (χ1) is 7.79. The first kappa shape index (κ1) is 14.0. The van der Waals surface area contributed by atoms with Crippen LogP contribution >= 0.6 is 0 Å². The molecule has 1 aliphatic rings. The third kappa shape index (κ3) is 4.73. The molecule has 1 amide bonds. The van der Waals surface area contributed by atoms with E-state index < -0.39 is 23.7 Å². The van der Waals surface area contributed by atoms with Crippen LogP contribution in [0.4, 0.5) is 0 Å². The van der Waals surface area contributed by atoms with Gasteiger partial charge < -0.3 is 14.8 Å². The SMILES string of the molecule is C[C@@H](NC(=O)[C@H]1CCCO1)C(=O)OC(C)(C)C. The standard InChI is InChI=1S/C12H21NO4/c1-8(11(15)17-12(2,3)4)13-10(14)9-6-5-7-16-9/h8-9H,5-7H2,1-4H3,(H,13,14)/t8-,9-/m1/s1. The van der Waals surface area contributed by atoms with Crippen molar-refractivity contribution in [1.82, 2.24) is 5.32 Å². The van der Waals surface area contributed by atoms with Crippen molar-refractivity contribution in [2.45, 2.75) is 58.3 Å². The van der Waals surface area contributed by atoms with Crippen molar-refractivity contribution in [2.24, 2.45) is 0 Å². The summed E-state index contributed by atoms with van der Waals surface area (Å²) in [5.74, 6) is -0.662. The van der Waals surface area contributed by atoms with Gasteiger partial charge >= 0.3 is 5.97 Å². The molecule has 2 atom stereocenters. The lowest BCUT2D eigenvalue weighted by molar-refractivity contribution is -0.158. The summed E-state index contributed by atoms with van der Waals surface area (Å²) in [6.07, 6.45) is 1.19. The molecule has 0 aliphatic carbocycles. The van der Waals surface area contributed by atoms with Gasteiger partial charge in [0.15, 0.2) is 0 Å². The van der Waals surface area contributed by atoms with Crippen LogP contribution in [0.3, 0.4) is 0 Å². The topological polar surface area (TPSA) is 64.6 Å². The monoisotopic (exact) mass is 243 g/mol. The Morgan fingerprint density at radius 2 is 2.06 bits per heavy atom. The number of hydrogen-bond donors (Lipinski definition) is 1. The average molecular weight is 243 g/mol. The lowest BCUT2D eigenvalue weighted by Crippen LogP contribution is -2.45. The van der Waals surface area contributed by atoms with E-state index in [-0.39, 0.29) is 5.91 Å². The van der Waals surface area contributed by atoms with Gasteiger partial charge in [-0.05, 0) is 40.5 Å². The van der Waals surface area contributed by atoms with Crippen LogP contribution in [-0.4, -0.2) is 36.2 Å². The first-order valence-electron chi connectivity index (χ1n) is 5.94. The maximum absolute atomic E-state index is 11.7. The van der Waals surface area contributed by atoms with Gasteiger partial charge in [0.05, 0.1) is 0 Å². The fourth-order valence-electron chi connectivity index (χ4n) is 1.54. The van der Waals surface area contributed by atoms with Crippen LogP contribution in [0.5, 0.6) is 0 Å². The Bertz CT molecular complexity index is 289. The van der Waals surface area contributed by atoms with Crippen molar-refractivity contribution in [2.75, 3.05) is 6.61 Å². The van der Waals surface area contributed by atoms with Gasteiger partial charge in [0, 0.05) is 6.61 Å². The molecule has 1 aliphatic heterocycles. The molecule has 0 aromatic heterocycles. The van der Waals surface area contributed by atoms with Crippen LogP contribution in [-0.2, 0) is 19.1 Å². The average Bonchev–Trinajstić information content (AvgIpc) is 2.67. The number of hydrogen-bond acceptors (Lipinski definition) is 4. The normalized spacial score (nSPS) is 22.0. The van der Waals surface area contributed by atoms with E-state index >= 15 is 0 Å². The molecule has 0 bridgehead atoms. The molecule has 0 spiro atoms. The van der Waals surface area contributed by atoms with Gasteiger partial charge in [-0.15, -0.1) is 0 Å². The fraction of sp³-hybridized carbons (Fsp3) is 0.833. The number of nitrogens with one attached hydrogen (secondary N) is 1. The highest BCUT2D eigenvalue weighted by Crippen LogP contribution is 2.13. The molecule has 1 saturated heterocycles. The predicted molar refractivity (Wildman–Crippen MR) is 62.4 cm³/mol. The second kappa shape index (κ2) is 5.49. The summed E-state index contributed by atoms with van der Waals surface area (Å²) < 4.78 is 10.4. The number of rotatable bonds is 3. The Balaban J connectivity index is 2.40. The third-order valence-electron chi connectivity index (χ3n) is 2.34. The van der Waals surface area contributed by atoms with E-state index in [4.69, 9.17) is 9.47 Å². The Morgan fingerprint density at radius 3 is 2.53 bits per heavy atom. The summed E-state index contributed by atoms with van der Waals surface area (Å²) in [6, 6.07) is -0.647. The molecule has 0 aromatic rings. The van der Waals surface area contributed by atoms with Crippen LogP contribution < -0.4 is 5.32 Å². The molecule has 5 nitrogen and oxygen atoms in total. The molecule has 0 unspecified atom stereocenters. The van der Waals surface area contributed by atoms with Gasteiger partial charge in [-0.1, -0.05) is 0 Å². The van der Waals surface area contributed by atoms with Crippen molar-refractivity contribution in [3.63, 3.8) is 0 Å². The van der Waals surface area contributed by atoms with Gasteiger partial charge in [0.1, 0.15) is 17.7 Å². The minimum atomic E-state index is -0.647. The summed E-state index contributed by atoms with van der Waals surface area (Å²) in [4.78, 5) is 23.3. The molecule has 0 radical (unpaired) electrons. The first-order valence-corrected chi connectivity index (χ1v) is 5.94. The molecule has 98 valence electrons. The second-order valence-corrected chi connectivity index (χ2v) is 5.27. The zero-order valence-electron chi connectivity index (χ0n) is 10.9. The highest BCUT2D eigenvalue weighted by molar-refractivity contribution is 5.86. The largest absolute Gasteiger partial charge is 0.458 e. The van der Waals surface area contributed by atoms with Crippen LogP contribution in [0.15, 0.2) is 0 Å². The van der Waals surface area contributed by atoms with Crippen molar-refractivity contribution >= 4 is 11.9 Å². The quantitative estimate of drug-likeness (QED) is 0.751. The fourth-order valence-corrected chi connectivity index (χ4v) is 1.54. The van der Waals surface area contributed by atoms with Crippen molar-refractivity contribution in [3.05, 3.63) is 0 Å². The number of amides is 1. The van der Waals surface area contributed by atoms with E-state index in [1.807, 2.05) is 0 Å². The van der Waals surface area contributed by atoms with Crippen LogP contribution in [0.1, 0.15) is 40.5 Å². The highest BCUT2D eigenvalue weighted by Gasteiger charge is 2.28. The van der Waals surface area contributed by atoms with Gasteiger partial charge in [-0.2, -0.15) is 0 Å². The molecule has 1 fully saturated rings. The van der Waals surface area contributed by atoms with Crippen LogP contribution in [0, 0.1) is 0 Å². The molecule has 0 saturated carbocycles. The molecule has 5 heteroatoms. The van der Waals surface area contributed by atoms with Gasteiger partial charge in [-0.25, -0.2) is 4.79 Å². The molecule has 1 N–H and O–H groups in total.